The Morgan fingerprint density at radius 3 is 2.57 bits per heavy atom. The molecule has 0 unspecified atom stereocenters. The van der Waals surface area contributed by atoms with Crippen LogP contribution in [0.15, 0.2) is 60.0 Å². The van der Waals surface area contributed by atoms with E-state index in [-0.39, 0.29) is 25.3 Å². The monoisotopic (exact) mass is 411 g/mol. The molecule has 0 bridgehead atoms. The number of carbonyl (C=O) groups excluding carboxylic acids is 2. The lowest BCUT2D eigenvalue weighted by Gasteiger charge is -2.28. The molecule has 0 aliphatic carbocycles. The summed E-state index contributed by atoms with van der Waals surface area (Å²) in [4.78, 5) is 40.9. The maximum atomic E-state index is 12.6. The number of rotatable bonds is 8. The highest BCUT2D eigenvalue weighted by molar-refractivity contribution is 6.19. The number of hydrogen-bond acceptors (Lipinski definition) is 6. The molecular weight excluding hydrogens is 390 g/mol. The van der Waals surface area contributed by atoms with Crippen LogP contribution in [0.2, 0.25) is 0 Å². The zero-order valence-corrected chi connectivity index (χ0v) is 16.1. The van der Waals surface area contributed by atoms with E-state index in [0.717, 1.165) is 11.1 Å². The number of benzene rings is 1. The van der Waals surface area contributed by atoms with Gasteiger partial charge in [0.15, 0.2) is 0 Å². The van der Waals surface area contributed by atoms with E-state index in [1.54, 1.807) is 18.3 Å². The van der Waals surface area contributed by atoms with E-state index >= 15 is 0 Å². The molecule has 0 spiro atoms. The van der Waals surface area contributed by atoms with E-state index in [4.69, 9.17) is 9.84 Å². The van der Waals surface area contributed by atoms with Gasteiger partial charge in [0, 0.05) is 31.8 Å². The largest absolute Gasteiger partial charge is 0.511 e. The Hall–Kier alpha value is -3.88. The highest BCUT2D eigenvalue weighted by Crippen LogP contribution is 2.20. The second-order valence-corrected chi connectivity index (χ2v) is 6.65. The molecule has 9 heteroatoms. The first-order valence-corrected chi connectivity index (χ1v) is 9.27. The quantitative estimate of drug-likeness (QED) is 0.560. The maximum absolute atomic E-state index is 12.6. The van der Waals surface area contributed by atoms with Gasteiger partial charge in [-0.25, -0.2) is 4.98 Å². The molecule has 9 nitrogen and oxygen atoms in total. The fourth-order valence-corrected chi connectivity index (χ4v) is 2.91. The molecule has 1 aliphatic heterocycles. The molecule has 1 aliphatic rings. The molecule has 3 N–H and O–H groups in total. The minimum absolute atomic E-state index is 0.104. The van der Waals surface area contributed by atoms with Crippen LogP contribution in [-0.2, 0) is 27.5 Å². The molecular formula is C21H21N3O6. The smallest absolute Gasteiger partial charge is 0.322 e. The zero-order chi connectivity index (χ0) is 21.5. The number of hydrogen-bond donors (Lipinski definition) is 3. The molecule has 156 valence electrons. The third-order valence-electron chi connectivity index (χ3n) is 4.44. The number of carbonyl (C=O) groups is 3. The van der Waals surface area contributed by atoms with Crippen LogP contribution in [0.1, 0.15) is 17.5 Å². The summed E-state index contributed by atoms with van der Waals surface area (Å²) >= 11 is 0. The van der Waals surface area contributed by atoms with E-state index in [1.165, 1.54) is 4.90 Å². The molecule has 2 aromatic rings. The van der Waals surface area contributed by atoms with Gasteiger partial charge in [0.2, 0.25) is 5.88 Å². The first-order valence-electron chi connectivity index (χ1n) is 9.27. The maximum Gasteiger partial charge on any atom is 0.322 e. The van der Waals surface area contributed by atoms with Crippen molar-refractivity contribution in [2.45, 2.75) is 19.6 Å². The lowest BCUT2D eigenvalue weighted by Crippen LogP contribution is -2.43. The average Bonchev–Trinajstić information content (AvgIpc) is 2.74. The van der Waals surface area contributed by atoms with Gasteiger partial charge >= 0.3 is 5.97 Å². The number of amides is 2. The summed E-state index contributed by atoms with van der Waals surface area (Å²) in [7, 11) is 0. The van der Waals surface area contributed by atoms with Crippen molar-refractivity contribution < 1.29 is 29.3 Å². The second-order valence-electron chi connectivity index (χ2n) is 6.65. The Morgan fingerprint density at radius 2 is 1.90 bits per heavy atom. The Labute approximate surface area is 172 Å². The highest BCUT2D eigenvalue weighted by atomic mass is 16.5. The fraction of sp³-hybridized carbons (Fsp3) is 0.238. The summed E-state index contributed by atoms with van der Waals surface area (Å²) < 4.78 is 5.63. The van der Waals surface area contributed by atoms with Crippen LogP contribution >= 0.6 is 0 Å². The lowest BCUT2D eigenvalue weighted by atomic mass is 10.1. The molecule has 0 radical (unpaired) electrons. The number of ether oxygens (including phenoxy) is 1. The predicted molar refractivity (Wildman–Crippen MR) is 105 cm³/mol. The van der Waals surface area contributed by atoms with Gasteiger partial charge in [-0.1, -0.05) is 36.4 Å². The van der Waals surface area contributed by atoms with Gasteiger partial charge in [-0.05, 0) is 11.1 Å². The minimum atomic E-state index is -1.25. The van der Waals surface area contributed by atoms with Crippen LogP contribution in [0.3, 0.4) is 0 Å². The Kier molecular flexibility index (Phi) is 6.63. The van der Waals surface area contributed by atoms with Crippen molar-refractivity contribution in [3.63, 3.8) is 0 Å². The molecule has 0 saturated carbocycles. The summed E-state index contributed by atoms with van der Waals surface area (Å²) in [5.74, 6) is -2.72. The van der Waals surface area contributed by atoms with E-state index in [0.29, 0.717) is 12.5 Å². The summed E-state index contributed by atoms with van der Waals surface area (Å²) in [6, 6.07) is 13.1. The van der Waals surface area contributed by atoms with Crippen LogP contribution in [-0.4, -0.2) is 51.0 Å². The number of aliphatic hydroxyl groups is 1. The summed E-state index contributed by atoms with van der Waals surface area (Å²) in [5.41, 5.74) is 1.31. The van der Waals surface area contributed by atoms with Crippen molar-refractivity contribution in [3.8, 4) is 5.88 Å². The number of aliphatic hydroxyl groups excluding tert-OH is 1. The number of pyridine rings is 1. The number of nitrogens with one attached hydrogen (secondary N) is 1. The number of nitrogens with zero attached hydrogens (tertiary/aromatic N) is 2. The third kappa shape index (κ3) is 5.34. The van der Waals surface area contributed by atoms with Gasteiger partial charge < -0.3 is 25.2 Å². The van der Waals surface area contributed by atoms with Gasteiger partial charge in [0.05, 0.1) is 0 Å². The molecule has 2 heterocycles. The summed E-state index contributed by atoms with van der Waals surface area (Å²) in [6.45, 7) is 0.161. The average molecular weight is 411 g/mol. The van der Waals surface area contributed by atoms with Gasteiger partial charge in [0.25, 0.3) is 11.8 Å². The highest BCUT2D eigenvalue weighted by Gasteiger charge is 2.32. The van der Waals surface area contributed by atoms with Crippen molar-refractivity contribution >= 4 is 17.8 Å². The van der Waals surface area contributed by atoms with Gasteiger partial charge in [-0.15, -0.1) is 0 Å². The number of aliphatic carboxylic acids is 1. The van der Waals surface area contributed by atoms with Gasteiger partial charge in [-0.3, -0.25) is 14.4 Å². The van der Waals surface area contributed by atoms with Crippen LogP contribution in [0, 0.1) is 0 Å². The SMILES string of the molecule is O=C(O)CNC(=O)C1=C(O)CCN(Cc2ccc(OCc3ccccc3)nc2)C1=O. The van der Waals surface area contributed by atoms with Gasteiger partial charge in [0.1, 0.15) is 24.5 Å². The third-order valence-corrected chi connectivity index (χ3v) is 4.44. The second kappa shape index (κ2) is 9.55. The van der Waals surface area contributed by atoms with Crippen molar-refractivity contribution in [2.24, 2.45) is 0 Å². The molecule has 3 rings (SSSR count). The van der Waals surface area contributed by atoms with E-state index in [2.05, 4.69) is 10.3 Å². The fourth-order valence-electron chi connectivity index (χ4n) is 2.91. The van der Waals surface area contributed by atoms with Crippen molar-refractivity contribution in [2.75, 3.05) is 13.1 Å². The molecule has 0 atom stereocenters. The molecule has 1 aromatic carbocycles. The minimum Gasteiger partial charge on any atom is -0.511 e. The molecule has 0 fully saturated rings. The van der Waals surface area contributed by atoms with Crippen LogP contribution in [0.5, 0.6) is 5.88 Å². The number of carboxylic acid groups (broad SMARTS) is 1. The normalized spacial score (nSPS) is 13.9. The van der Waals surface area contributed by atoms with Crippen molar-refractivity contribution in [1.29, 1.82) is 0 Å². The van der Waals surface area contributed by atoms with E-state index in [9.17, 15) is 19.5 Å². The lowest BCUT2D eigenvalue weighted by molar-refractivity contribution is -0.138. The van der Waals surface area contributed by atoms with E-state index in [1.807, 2.05) is 30.3 Å². The van der Waals surface area contributed by atoms with Crippen LogP contribution in [0.4, 0.5) is 0 Å². The Morgan fingerprint density at radius 1 is 1.13 bits per heavy atom. The number of aromatic nitrogens is 1. The Bertz CT molecular complexity index is 956. The standard InChI is InChI=1S/C21H21N3O6/c25-16-8-9-24(21(29)19(16)20(28)23-11-18(26)27)12-15-6-7-17(22-10-15)30-13-14-4-2-1-3-5-14/h1-7,10,25H,8-9,11-13H2,(H,23,28)(H,26,27). The number of carboxylic acids is 1. The Balaban J connectivity index is 1.60. The van der Waals surface area contributed by atoms with Crippen LogP contribution < -0.4 is 10.1 Å². The predicted octanol–water partition coefficient (Wildman–Crippen LogP) is 1.41. The molecule has 2 amide bonds. The molecule has 0 saturated heterocycles. The van der Waals surface area contributed by atoms with Crippen molar-refractivity contribution in [1.82, 2.24) is 15.2 Å². The zero-order valence-electron chi connectivity index (χ0n) is 16.1. The summed E-state index contributed by atoms with van der Waals surface area (Å²) in [6.07, 6.45) is 1.68. The van der Waals surface area contributed by atoms with Crippen LogP contribution in [0.25, 0.3) is 0 Å². The molecule has 1 aromatic heterocycles. The molecule has 30 heavy (non-hydrogen) atoms. The van der Waals surface area contributed by atoms with Crippen molar-refractivity contribution in [3.05, 3.63) is 71.1 Å². The van der Waals surface area contributed by atoms with E-state index < -0.39 is 29.9 Å². The first-order chi connectivity index (χ1) is 14.4. The summed E-state index contributed by atoms with van der Waals surface area (Å²) in [5, 5.41) is 20.7. The topological polar surface area (TPSA) is 129 Å². The van der Waals surface area contributed by atoms with Gasteiger partial charge in [-0.2, -0.15) is 0 Å². The first kappa shape index (κ1) is 20.8.